The molecule has 2 rings (SSSR count). The summed E-state index contributed by atoms with van der Waals surface area (Å²) in [4.78, 5) is 8.03. The first-order chi connectivity index (χ1) is 8.46. The van der Waals surface area contributed by atoms with Crippen molar-refractivity contribution in [1.29, 1.82) is 0 Å². The van der Waals surface area contributed by atoms with Crippen molar-refractivity contribution in [2.45, 2.75) is 0 Å². The Hall–Kier alpha value is -1.44. The number of fused-ring (bicyclic) bond motifs is 1. The van der Waals surface area contributed by atoms with Crippen LogP contribution in [0.1, 0.15) is 0 Å². The molecule has 0 radical (unpaired) electrons. The van der Waals surface area contributed by atoms with E-state index in [0.717, 1.165) is 5.39 Å². The summed E-state index contributed by atoms with van der Waals surface area (Å²) < 4.78 is 29.9. The number of para-hydroxylation sites is 1. The van der Waals surface area contributed by atoms with Crippen LogP contribution in [0.4, 0.5) is 5.82 Å². The van der Waals surface area contributed by atoms with Crippen molar-refractivity contribution in [2.75, 3.05) is 17.6 Å². The molecule has 96 valence electrons. The fourth-order valence-corrected chi connectivity index (χ4v) is 2.02. The van der Waals surface area contributed by atoms with Crippen LogP contribution in [0.3, 0.4) is 0 Å². The Morgan fingerprint density at radius 1 is 1.28 bits per heavy atom. The lowest BCUT2D eigenvalue weighted by atomic mass is 10.2. The van der Waals surface area contributed by atoms with E-state index in [4.69, 9.17) is 16.2 Å². The molecule has 2 aromatic rings. The number of halogens is 1. The van der Waals surface area contributed by atoms with Crippen LogP contribution < -0.4 is 5.32 Å². The summed E-state index contributed by atoms with van der Waals surface area (Å²) in [6.07, 6.45) is 0. The molecule has 0 fully saturated rings. The van der Waals surface area contributed by atoms with Crippen molar-refractivity contribution in [2.24, 2.45) is 0 Å². The Morgan fingerprint density at radius 2 is 2.00 bits per heavy atom. The highest BCUT2D eigenvalue weighted by Gasteiger charge is 2.08. The van der Waals surface area contributed by atoms with Gasteiger partial charge in [0.05, 0.1) is 11.3 Å². The zero-order chi connectivity index (χ0) is 13.2. The van der Waals surface area contributed by atoms with E-state index in [9.17, 15) is 8.42 Å². The van der Waals surface area contributed by atoms with E-state index in [0.29, 0.717) is 11.3 Å². The quantitative estimate of drug-likeness (QED) is 0.655. The number of nitrogens with one attached hydrogen (secondary N) is 1. The first kappa shape index (κ1) is 13.0. The number of benzene rings is 1. The summed E-state index contributed by atoms with van der Waals surface area (Å²) in [5.74, 6) is 0.0393. The molecule has 0 atom stereocenters. The third kappa shape index (κ3) is 3.28. The largest absolute Gasteiger partial charge is 0.368 e. The Morgan fingerprint density at radius 3 is 2.72 bits per heavy atom. The second-order valence-corrected chi connectivity index (χ2v) is 5.48. The van der Waals surface area contributed by atoms with Crippen molar-refractivity contribution >= 4 is 38.4 Å². The van der Waals surface area contributed by atoms with Gasteiger partial charge >= 0.3 is 0 Å². The summed E-state index contributed by atoms with van der Waals surface area (Å²) in [6.45, 7) is 0.0379. The van der Waals surface area contributed by atoms with E-state index in [1.165, 1.54) is 0 Å². The van der Waals surface area contributed by atoms with Gasteiger partial charge in [0, 0.05) is 11.9 Å². The van der Waals surface area contributed by atoms with E-state index >= 15 is 0 Å². The molecule has 0 spiro atoms. The summed E-state index contributed by atoms with van der Waals surface area (Å²) in [7, 11) is -4.00. The van der Waals surface area contributed by atoms with Crippen molar-refractivity contribution in [3.05, 3.63) is 29.5 Å². The molecule has 1 heterocycles. The summed E-state index contributed by atoms with van der Waals surface area (Å²) in [5.41, 5.74) is 0.659. The Labute approximate surface area is 109 Å². The molecular weight excluding hydrogens is 278 g/mol. The van der Waals surface area contributed by atoms with E-state index in [-0.39, 0.29) is 11.8 Å². The van der Waals surface area contributed by atoms with Gasteiger partial charge in [0.25, 0.3) is 10.1 Å². The van der Waals surface area contributed by atoms with Crippen LogP contribution in [-0.2, 0) is 10.1 Å². The first-order valence-electron chi connectivity index (χ1n) is 5.07. The van der Waals surface area contributed by atoms with Crippen molar-refractivity contribution in [3.8, 4) is 0 Å². The van der Waals surface area contributed by atoms with Gasteiger partial charge in [-0.25, -0.2) is 9.97 Å². The maximum atomic E-state index is 10.6. The molecule has 0 bridgehead atoms. The zero-order valence-electron chi connectivity index (χ0n) is 9.17. The van der Waals surface area contributed by atoms with E-state index in [1.54, 1.807) is 12.1 Å². The Balaban J connectivity index is 2.27. The molecule has 0 unspecified atom stereocenters. The molecule has 0 aliphatic rings. The highest BCUT2D eigenvalue weighted by molar-refractivity contribution is 7.85. The van der Waals surface area contributed by atoms with Crippen LogP contribution in [0.15, 0.2) is 24.3 Å². The Kier molecular flexibility index (Phi) is 3.65. The smallest absolute Gasteiger partial charge is 0.266 e. The average molecular weight is 288 g/mol. The fourth-order valence-electron chi connectivity index (χ4n) is 1.48. The van der Waals surface area contributed by atoms with Gasteiger partial charge in [-0.05, 0) is 23.7 Å². The number of hydrogen-bond acceptors (Lipinski definition) is 5. The fraction of sp³-hybridized carbons (Fsp3) is 0.200. The predicted octanol–water partition coefficient (Wildman–Crippen LogP) is 1.58. The Bertz CT molecular complexity index is 675. The van der Waals surface area contributed by atoms with E-state index < -0.39 is 15.9 Å². The monoisotopic (exact) mass is 287 g/mol. The second-order valence-electron chi connectivity index (χ2n) is 3.57. The number of hydrogen-bond donors (Lipinski definition) is 2. The van der Waals surface area contributed by atoms with Crippen LogP contribution in [0.25, 0.3) is 10.9 Å². The summed E-state index contributed by atoms with van der Waals surface area (Å²) in [6, 6.07) is 7.19. The maximum Gasteiger partial charge on any atom is 0.266 e. The molecular formula is C10H10ClN3O3S. The lowest BCUT2D eigenvalue weighted by Gasteiger charge is -2.07. The lowest BCUT2D eigenvalue weighted by molar-refractivity contribution is 0.484. The number of anilines is 1. The minimum Gasteiger partial charge on any atom is -0.368 e. The second kappa shape index (κ2) is 5.05. The molecule has 1 aromatic heterocycles. The molecule has 0 saturated heterocycles. The van der Waals surface area contributed by atoms with Gasteiger partial charge in [0.1, 0.15) is 5.82 Å². The van der Waals surface area contributed by atoms with Gasteiger partial charge in [-0.3, -0.25) is 4.55 Å². The SMILES string of the molecule is O=S(=O)(O)CCNc1nc(Cl)nc2ccccc12. The van der Waals surface area contributed by atoms with E-state index in [1.807, 2.05) is 12.1 Å². The van der Waals surface area contributed by atoms with Crippen LogP contribution in [-0.4, -0.2) is 35.2 Å². The first-order valence-corrected chi connectivity index (χ1v) is 7.06. The number of rotatable bonds is 4. The minimum absolute atomic E-state index is 0.0379. The summed E-state index contributed by atoms with van der Waals surface area (Å²) >= 11 is 5.76. The molecule has 2 N–H and O–H groups in total. The van der Waals surface area contributed by atoms with Crippen LogP contribution >= 0.6 is 11.6 Å². The van der Waals surface area contributed by atoms with Gasteiger partial charge in [0.2, 0.25) is 5.28 Å². The predicted molar refractivity (Wildman–Crippen MR) is 69.5 cm³/mol. The van der Waals surface area contributed by atoms with Gasteiger partial charge in [-0.2, -0.15) is 8.42 Å². The van der Waals surface area contributed by atoms with Crippen LogP contribution in [0.2, 0.25) is 5.28 Å². The average Bonchev–Trinajstić information content (AvgIpc) is 2.27. The maximum absolute atomic E-state index is 10.6. The number of aromatic nitrogens is 2. The molecule has 1 aromatic carbocycles. The normalized spacial score (nSPS) is 11.7. The van der Waals surface area contributed by atoms with E-state index in [2.05, 4.69) is 15.3 Å². The van der Waals surface area contributed by atoms with Crippen molar-refractivity contribution in [3.63, 3.8) is 0 Å². The molecule has 8 heteroatoms. The molecule has 0 aliphatic carbocycles. The highest BCUT2D eigenvalue weighted by Crippen LogP contribution is 2.21. The zero-order valence-corrected chi connectivity index (χ0v) is 10.7. The molecule has 6 nitrogen and oxygen atoms in total. The van der Waals surface area contributed by atoms with Crippen LogP contribution in [0.5, 0.6) is 0 Å². The van der Waals surface area contributed by atoms with Gasteiger partial charge in [-0.15, -0.1) is 0 Å². The van der Waals surface area contributed by atoms with Gasteiger partial charge in [-0.1, -0.05) is 12.1 Å². The molecule has 0 saturated carbocycles. The molecule has 18 heavy (non-hydrogen) atoms. The van der Waals surface area contributed by atoms with Gasteiger partial charge < -0.3 is 5.32 Å². The summed E-state index contributed by atoms with van der Waals surface area (Å²) in [5, 5.41) is 3.62. The van der Waals surface area contributed by atoms with Gasteiger partial charge in [0.15, 0.2) is 0 Å². The third-order valence-electron chi connectivity index (χ3n) is 2.23. The van der Waals surface area contributed by atoms with Crippen molar-refractivity contribution in [1.82, 2.24) is 9.97 Å². The topological polar surface area (TPSA) is 92.2 Å². The van der Waals surface area contributed by atoms with Crippen molar-refractivity contribution < 1.29 is 13.0 Å². The number of nitrogens with zero attached hydrogens (tertiary/aromatic N) is 2. The lowest BCUT2D eigenvalue weighted by Crippen LogP contribution is -2.15. The standard InChI is InChI=1S/C10H10ClN3O3S/c11-10-13-8-4-2-1-3-7(8)9(14-10)12-5-6-18(15,16)17/h1-4H,5-6H2,(H,12,13,14)(H,15,16,17). The third-order valence-corrected chi connectivity index (χ3v) is 3.12. The highest BCUT2D eigenvalue weighted by atomic mass is 35.5. The molecule has 0 aliphatic heterocycles. The van der Waals surface area contributed by atoms with Crippen LogP contribution in [0, 0.1) is 0 Å². The molecule has 0 amide bonds. The minimum atomic E-state index is -4.00.